The minimum absolute atomic E-state index is 0.00330. The molecule has 8 aliphatic rings. The Kier molecular flexibility index (Phi) is 13.2. The molecule has 0 aromatic heterocycles. The van der Waals surface area contributed by atoms with E-state index in [0.717, 1.165) is 44.9 Å². The van der Waals surface area contributed by atoms with Gasteiger partial charge >= 0.3 is 5.97 Å². The van der Waals surface area contributed by atoms with Crippen LogP contribution in [0.1, 0.15) is 113 Å². The van der Waals surface area contributed by atoms with Crippen molar-refractivity contribution in [2.75, 3.05) is 19.8 Å². The average molecular weight is 913 g/mol. The normalized spacial score (nSPS) is 55.0. The number of carboxylic acid groups (broad SMARTS) is 1. The highest BCUT2D eigenvalue weighted by molar-refractivity contribution is 5.76. The highest BCUT2D eigenvalue weighted by Crippen LogP contribution is 2.76. The number of hydrogen-bond acceptors (Lipinski definition) is 16. The molecule has 0 radical (unpaired) electrons. The minimum atomic E-state index is -1.82. The SMILES string of the molecule is C[C@H]1O[C@@H](O[C@@H]2[C@@H](O[C@H]3CC[C@@]4(C)[C@@H](CC[C@]5(C)[C@H]4CC=C4[C@H]6CC(C)(C)CC[C@]6(C(=O)O)CC[C@]45C)[C@]3(C)CO)OC[C@@H](O)[C@H]2O)[C@@H](O)[C@@H](O[C@@H]2O[C@H](CO)[C@@H](O)[C@H](O)[C@H]2O)[C@@H]1O. The van der Waals surface area contributed by atoms with E-state index in [2.05, 4.69) is 40.7 Å². The lowest BCUT2D eigenvalue weighted by molar-refractivity contribution is -0.383. The van der Waals surface area contributed by atoms with Gasteiger partial charge < -0.3 is 79.5 Å². The van der Waals surface area contributed by atoms with Gasteiger partial charge in [0.05, 0.1) is 37.4 Å². The van der Waals surface area contributed by atoms with Crippen molar-refractivity contribution in [3.05, 3.63) is 11.6 Å². The standard InChI is InChI=1S/C47H76O17/c1-22-30(51)36(63-38-34(55)33(54)32(53)26(19-48)61-38)35(56)39(60-22)64-37-31(52)25(50)20-59-40(37)62-29-11-12-43(4)27(44(29,5)21-49)10-13-46(7)28(43)9-8-23-24-18-42(2,3)14-16-47(24,41(57)58)17-15-45(23,46)6/h8,22,24-40,48-56H,9-21H2,1-7H3,(H,57,58)/t22-,24-,25-,26-,27-,28+,29+,30-,31-,32-,33+,34-,35+,36+,37+,38+,39+,40-,43+,44+,45-,46-,47+/m1/s1. The highest BCUT2D eigenvalue weighted by Gasteiger charge is 2.70. The van der Waals surface area contributed by atoms with Crippen LogP contribution in [0.2, 0.25) is 0 Å². The van der Waals surface area contributed by atoms with Crippen molar-refractivity contribution in [2.45, 2.75) is 205 Å². The molecule has 3 heterocycles. The third-order valence-corrected chi connectivity index (χ3v) is 19.1. The first-order valence-corrected chi connectivity index (χ1v) is 23.7. The Morgan fingerprint density at radius 3 is 2.06 bits per heavy atom. The van der Waals surface area contributed by atoms with Crippen LogP contribution in [0.5, 0.6) is 0 Å². The largest absolute Gasteiger partial charge is 0.481 e. The van der Waals surface area contributed by atoms with Crippen molar-refractivity contribution < 1.29 is 84.3 Å². The van der Waals surface area contributed by atoms with Gasteiger partial charge in [0.2, 0.25) is 0 Å². The molecule has 5 aliphatic carbocycles. The predicted molar refractivity (Wildman–Crippen MR) is 225 cm³/mol. The molecule has 3 aliphatic heterocycles. The van der Waals surface area contributed by atoms with Crippen molar-refractivity contribution in [1.82, 2.24) is 0 Å². The van der Waals surface area contributed by atoms with Gasteiger partial charge in [-0.3, -0.25) is 4.79 Å². The Balaban J connectivity index is 1.01. The zero-order chi connectivity index (χ0) is 46.7. The van der Waals surface area contributed by atoms with Crippen LogP contribution < -0.4 is 0 Å². The van der Waals surface area contributed by atoms with E-state index in [9.17, 15) is 55.9 Å². The molecule has 3 saturated heterocycles. The van der Waals surface area contributed by atoms with Gasteiger partial charge in [0.15, 0.2) is 18.9 Å². The Morgan fingerprint density at radius 2 is 1.39 bits per heavy atom. The molecule has 0 spiro atoms. The lowest BCUT2D eigenvalue weighted by Gasteiger charge is -2.71. The Labute approximate surface area is 376 Å². The number of aliphatic carboxylic acids is 1. The molecule has 0 aromatic rings. The van der Waals surface area contributed by atoms with Crippen LogP contribution in [0.3, 0.4) is 0 Å². The van der Waals surface area contributed by atoms with E-state index in [-0.39, 0.29) is 52.6 Å². The summed E-state index contributed by atoms with van der Waals surface area (Å²) in [5.41, 5.74) is -0.609. The number of fused-ring (bicyclic) bond motifs is 7. The molecule has 366 valence electrons. The summed E-state index contributed by atoms with van der Waals surface area (Å²) in [6.07, 6.45) is -11.9. The van der Waals surface area contributed by atoms with Crippen molar-refractivity contribution in [3.8, 4) is 0 Å². The molecule has 0 aromatic carbocycles. The third-order valence-electron chi connectivity index (χ3n) is 19.1. The van der Waals surface area contributed by atoms with Gasteiger partial charge in [0.25, 0.3) is 0 Å². The Bertz CT molecular complexity index is 1750. The van der Waals surface area contributed by atoms with Gasteiger partial charge in [-0.15, -0.1) is 0 Å². The van der Waals surface area contributed by atoms with Gasteiger partial charge in [-0.05, 0) is 111 Å². The molecule has 0 bridgehead atoms. The fourth-order valence-electron chi connectivity index (χ4n) is 14.8. The second kappa shape index (κ2) is 17.2. The zero-order valence-electron chi connectivity index (χ0n) is 38.5. The van der Waals surface area contributed by atoms with Crippen molar-refractivity contribution in [3.63, 3.8) is 0 Å². The lowest BCUT2D eigenvalue weighted by Crippen LogP contribution is -2.67. The topological polar surface area (TPSA) is 275 Å². The average Bonchev–Trinajstić information content (AvgIpc) is 3.24. The van der Waals surface area contributed by atoms with E-state index < -0.39 is 116 Å². The molecule has 8 rings (SSSR count). The summed E-state index contributed by atoms with van der Waals surface area (Å²) >= 11 is 0. The van der Waals surface area contributed by atoms with E-state index >= 15 is 0 Å². The van der Waals surface area contributed by atoms with Crippen molar-refractivity contribution in [1.29, 1.82) is 0 Å². The first-order chi connectivity index (χ1) is 29.9. The van der Waals surface area contributed by atoms with Crippen LogP contribution in [0.25, 0.3) is 0 Å². The van der Waals surface area contributed by atoms with Crippen LogP contribution in [0.15, 0.2) is 11.6 Å². The second-order valence-electron chi connectivity index (χ2n) is 22.9. The number of carbonyl (C=O) groups is 1. The predicted octanol–water partition coefficient (Wildman–Crippen LogP) is 1.35. The van der Waals surface area contributed by atoms with Gasteiger partial charge in [0.1, 0.15) is 61.0 Å². The first kappa shape index (κ1) is 49.0. The number of aliphatic hydroxyl groups excluding tert-OH is 9. The maximum Gasteiger partial charge on any atom is 0.310 e. The molecule has 10 N–H and O–H groups in total. The molecule has 0 unspecified atom stereocenters. The third kappa shape index (κ3) is 7.49. The molecule has 4 saturated carbocycles. The van der Waals surface area contributed by atoms with Crippen molar-refractivity contribution >= 4 is 5.97 Å². The highest BCUT2D eigenvalue weighted by atomic mass is 16.8. The van der Waals surface area contributed by atoms with Gasteiger partial charge in [-0.25, -0.2) is 0 Å². The molecule has 0 amide bonds. The molecule has 17 nitrogen and oxygen atoms in total. The van der Waals surface area contributed by atoms with Crippen LogP contribution in [0, 0.1) is 50.2 Å². The quantitative estimate of drug-likeness (QED) is 0.116. The monoisotopic (exact) mass is 913 g/mol. The number of carboxylic acids is 1. The smallest absolute Gasteiger partial charge is 0.310 e. The van der Waals surface area contributed by atoms with Crippen molar-refractivity contribution in [2.24, 2.45) is 50.2 Å². The number of allylic oxidation sites excluding steroid dienone is 2. The summed E-state index contributed by atoms with van der Waals surface area (Å²) < 4.78 is 36.1. The van der Waals surface area contributed by atoms with E-state index in [4.69, 9.17) is 28.4 Å². The first-order valence-electron chi connectivity index (χ1n) is 23.7. The molecule has 23 atom stereocenters. The molecular weight excluding hydrogens is 837 g/mol. The summed E-state index contributed by atoms with van der Waals surface area (Å²) in [6.45, 7) is 14.1. The van der Waals surface area contributed by atoms with Crippen LogP contribution in [-0.2, 0) is 33.2 Å². The van der Waals surface area contributed by atoms with Crippen LogP contribution in [-0.4, -0.2) is 169 Å². The molecule has 7 fully saturated rings. The second-order valence-corrected chi connectivity index (χ2v) is 22.9. The molecule has 17 heteroatoms. The summed E-state index contributed by atoms with van der Waals surface area (Å²) in [4.78, 5) is 13.1. The fraction of sp³-hybridized carbons (Fsp3) is 0.936. The van der Waals surface area contributed by atoms with Crippen LogP contribution >= 0.6 is 0 Å². The van der Waals surface area contributed by atoms with E-state index in [1.54, 1.807) is 0 Å². The maximum absolute atomic E-state index is 13.1. The summed E-state index contributed by atoms with van der Waals surface area (Å²) in [7, 11) is 0. The zero-order valence-corrected chi connectivity index (χ0v) is 38.5. The summed E-state index contributed by atoms with van der Waals surface area (Å²) in [5.74, 6) is -0.391. The van der Waals surface area contributed by atoms with Gasteiger partial charge in [-0.1, -0.05) is 53.2 Å². The number of rotatable bonds is 9. The van der Waals surface area contributed by atoms with Crippen LogP contribution in [0.4, 0.5) is 0 Å². The van der Waals surface area contributed by atoms with E-state index in [0.29, 0.717) is 19.3 Å². The minimum Gasteiger partial charge on any atom is -0.481 e. The van der Waals surface area contributed by atoms with E-state index in [1.165, 1.54) is 12.5 Å². The molecule has 64 heavy (non-hydrogen) atoms. The Hall–Kier alpha value is -1.39. The number of hydrogen-bond donors (Lipinski definition) is 10. The lowest BCUT2D eigenvalue weighted by atomic mass is 9.33. The fourth-order valence-corrected chi connectivity index (χ4v) is 14.8. The maximum atomic E-state index is 13.1. The summed E-state index contributed by atoms with van der Waals surface area (Å²) in [5, 5.41) is 108. The summed E-state index contributed by atoms with van der Waals surface area (Å²) in [6, 6.07) is 0. The number of aliphatic hydroxyl groups is 9. The number of ether oxygens (including phenoxy) is 6. The van der Waals surface area contributed by atoms with Gasteiger partial charge in [0, 0.05) is 5.41 Å². The van der Waals surface area contributed by atoms with E-state index in [1.807, 2.05) is 6.92 Å². The van der Waals surface area contributed by atoms with Gasteiger partial charge in [-0.2, -0.15) is 0 Å². The Morgan fingerprint density at radius 1 is 0.719 bits per heavy atom. The molecular formula is C47H76O17.